The lowest BCUT2D eigenvalue weighted by Gasteiger charge is -2.22. The Hall–Kier alpha value is -0.120. The zero-order valence-electron chi connectivity index (χ0n) is 13.0. The number of ether oxygens (including phenoxy) is 3. The third-order valence-corrected chi connectivity index (χ3v) is 3.95. The van der Waals surface area contributed by atoms with Gasteiger partial charge in [0.2, 0.25) is 0 Å². The van der Waals surface area contributed by atoms with Gasteiger partial charge in [0.25, 0.3) is 0 Å². The van der Waals surface area contributed by atoms with Crippen LogP contribution in [0.5, 0.6) is 0 Å². The quantitative estimate of drug-likeness (QED) is 0.761. The monoisotopic (exact) mass is 270 g/mol. The Morgan fingerprint density at radius 1 is 1.11 bits per heavy atom. The smallest absolute Gasteiger partial charge is 0.158 e. The lowest BCUT2D eigenvalue weighted by Crippen LogP contribution is -2.21. The lowest BCUT2D eigenvalue weighted by molar-refractivity contribution is -0.0819. The molecule has 0 N–H and O–H groups in total. The third-order valence-electron chi connectivity index (χ3n) is 3.95. The average Bonchev–Trinajstić information content (AvgIpc) is 2.88. The minimum absolute atomic E-state index is 0.0000643. The van der Waals surface area contributed by atoms with Gasteiger partial charge < -0.3 is 14.2 Å². The maximum Gasteiger partial charge on any atom is 0.158 e. The van der Waals surface area contributed by atoms with Crippen LogP contribution in [0, 0.1) is 11.3 Å². The molecule has 0 aromatic heterocycles. The van der Waals surface area contributed by atoms with Crippen molar-refractivity contribution in [3.05, 3.63) is 0 Å². The van der Waals surface area contributed by atoms with E-state index < -0.39 is 0 Å². The van der Waals surface area contributed by atoms with Gasteiger partial charge in [-0.25, -0.2) is 0 Å². The molecule has 3 heteroatoms. The Balaban J connectivity index is 1.66. The van der Waals surface area contributed by atoms with Crippen LogP contribution in [0.1, 0.15) is 59.8 Å². The summed E-state index contributed by atoms with van der Waals surface area (Å²) in [7, 11) is 0. The zero-order chi connectivity index (χ0) is 13.9. The largest absolute Gasteiger partial charge is 0.378 e. The van der Waals surface area contributed by atoms with Gasteiger partial charge in [-0.2, -0.15) is 0 Å². The highest BCUT2D eigenvalue weighted by molar-refractivity contribution is 4.75. The maximum atomic E-state index is 6.01. The van der Waals surface area contributed by atoms with Gasteiger partial charge >= 0.3 is 0 Å². The highest BCUT2D eigenvalue weighted by Crippen LogP contribution is 2.30. The molecule has 2 fully saturated rings. The maximum absolute atomic E-state index is 6.01. The van der Waals surface area contributed by atoms with Crippen molar-refractivity contribution in [2.24, 2.45) is 11.3 Å². The van der Waals surface area contributed by atoms with E-state index in [4.69, 9.17) is 14.2 Å². The summed E-state index contributed by atoms with van der Waals surface area (Å²) < 4.78 is 17.5. The first-order valence-electron chi connectivity index (χ1n) is 7.81. The van der Waals surface area contributed by atoms with Crippen LogP contribution in [-0.2, 0) is 14.2 Å². The van der Waals surface area contributed by atoms with Crippen LogP contribution in [0.25, 0.3) is 0 Å². The molecule has 0 amide bonds. The van der Waals surface area contributed by atoms with Crippen LogP contribution in [-0.4, -0.2) is 31.7 Å². The number of rotatable bonds is 5. The van der Waals surface area contributed by atoms with E-state index in [-0.39, 0.29) is 17.8 Å². The zero-order valence-corrected chi connectivity index (χ0v) is 13.0. The average molecular weight is 270 g/mol. The number of hydrogen-bond acceptors (Lipinski definition) is 3. The molecule has 0 aliphatic carbocycles. The second-order valence-corrected chi connectivity index (χ2v) is 7.50. The second-order valence-electron chi connectivity index (χ2n) is 7.50. The Labute approximate surface area is 118 Å². The van der Waals surface area contributed by atoms with Crippen molar-refractivity contribution in [2.75, 3.05) is 13.2 Å². The van der Waals surface area contributed by atoms with E-state index >= 15 is 0 Å². The van der Waals surface area contributed by atoms with Crippen molar-refractivity contribution in [3.63, 3.8) is 0 Å². The molecule has 3 nitrogen and oxygen atoms in total. The van der Waals surface area contributed by atoms with Crippen molar-refractivity contribution >= 4 is 0 Å². The van der Waals surface area contributed by atoms with Gasteiger partial charge in [-0.15, -0.1) is 0 Å². The highest BCUT2D eigenvalue weighted by Gasteiger charge is 2.31. The molecule has 4 atom stereocenters. The summed E-state index contributed by atoms with van der Waals surface area (Å²) in [5, 5.41) is 0. The van der Waals surface area contributed by atoms with Gasteiger partial charge in [0.1, 0.15) is 0 Å². The van der Waals surface area contributed by atoms with E-state index in [1.807, 2.05) is 0 Å². The van der Waals surface area contributed by atoms with Crippen molar-refractivity contribution in [1.82, 2.24) is 0 Å². The Kier molecular flexibility index (Phi) is 5.27. The van der Waals surface area contributed by atoms with Gasteiger partial charge in [-0.1, -0.05) is 27.7 Å². The molecular weight excluding hydrogens is 240 g/mol. The summed E-state index contributed by atoms with van der Waals surface area (Å²) in [5.74, 6) is 0.657. The van der Waals surface area contributed by atoms with E-state index in [0.29, 0.717) is 12.0 Å². The van der Waals surface area contributed by atoms with E-state index in [2.05, 4.69) is 27.7 Å². The predicted molar refractivity (Wildman–Crippen MR) is 76.1 cm³/mol. The minimum atomic E-state index is -0.0000643. The molecule has 0 saturated carbocycles. The molecule has 2 heterocycles. The van der Waals surface area contributed by atoms with Crippen LogP contribution in [0.15, 0.2) is 0 Å². The van der Waals surface area contributed by atoms with Gasteiger partial charge in [0.05, 0.1) is 18.8 Å². The van der Waals surface area contributed by atoms with Gasteiger partial charge in [-0.05, 0) is 37.0 Å². The molecule has 0 bridgehead atoms. The van der Waals surface area contributed by atoms with Gasteiger partial charge in [-0.3, -0.25) is 0 Å². The molecular formula is C16H30O3. The Bertz CT molecular complexity index is 266. The molecule has 112 valence electrons. The van der Waals surface area contributed by atoms with E-state index in [0.717, 1.165) is 26.1 Å². The predicted octanol–water partition coefficient (Wildman–Crippen LogP) is 3.76. The fourth-order valence-electron chi connectivity index (χ4n) is 3.06. The fraction of sp³-hybridized carbons (Fsp3) is 1.00. The topological polar surface area (TPSA) is 27.7 Å². The van der Waals surface area contributed by atoms with Crippen LogP contribution in [0.2, 0.25) is 0 Å². The molecule has 4 unspecified atom stereocenters. The van der Waals surface area contributed by atoms with Crippen LogP contribution < -0.4 is 0 Å². The van der Waals surface area contributed by atoms with Crippen LogP contribution >= 0.6 is 0 Å². The van der Waals surface area contributed by atoms with Gasteiger partial charge in [0, 0.05) is 13.0 Å². The molecule has 0 aromatic rings. The van der Waals surface area contributed by atoms with Crippen molar-refractivity contribution < 1.29 is 14.2 Å². The molecule has 2 aliphatic heterocycles. The summed E-state index contributed by atoms with van der Waals surface area (Å²) in [5.41, 5.74) is 0.267. The lowest BCUT2D eigenvalue weighted by atomic mass is 9.92. The van der Waals surface area contributed by atoms with Crippen LogP contribution in [0.4, 0.5) is 0 Å². The van der Waals surface area contributed by atoms with Crippen molar-refractivity contribution in [3.8, 4) is 0 Å². The fourth-order valence-corrected chi connectivity index (χ4v) is 3.06. The first-order chi connectivity index (χ1) is 8.92. The second kappa shape index (κ2) is 6.55. The van der Waals surface area contributed by atoms with Crippen molar-refractivity contribution in [2.45, 2.75) is 78.3 Å². The molecule has 0 aromatic carbocycles. The molecule has 2 saturated heterocycles. The summed E-state index contributed by atoms with van der Waals surface area (Å²) in [6.45, 7) is 10.7. The molecule has 2 rings (SSSR count). The van der Waals surface area contributed by atoms with Gasteiger partial charge in [0.15, 0.2) is 6.29 Å². The summed E-state index contributed by atoms with van der Waals surface area (Å²) >= 11 is 0. The normalized spacial score (nSPS) is 33.8. The first-order valence-corrected chi connectivity index (χ1v) is 7.81. The Morgan fingerprint density at radius 3 is 2.47 bits per heavy atom. The van der Waals surface area contributed by atoms with Crippen LogP contribution in [0.3, 0.4) is 0 Å². The summed E-state index contributed by atoms with van der Waals surface area (Å²) in [6.07, 6.45) is 6.48. The number of hydrogen-bond donors (Lipinski definition) is 0. The standard InChI is InChI=1S/C16H30O3/c1-12(8-13-6-5-7-17-13)9-14-11-18-15(19-14)10-16(2,3)4/h12-15H,5-11H2,1-4H3. The summed E-state index contributed by atoms with van der Waals surface area (Å²) in [6, 6.07) is 0. The minimum Gasteiger partial charge on any atom is -0.378 e. The summed E-state index contributed by atoms with van der Waals surface area (Å²) in [4.78, 5) is 0. The molecule has 0 radical (unpaired) electrons. The molecule has 19 heavy (non-hydrogen) atoms. The van der Waals surface area contributed by atoms with E-state index in [1.165, 1.54) is 19.3 Å². The van der Waals surface area contributed by atoms with E-state index in [1.54, 1.807) is 0 Å². The van der Waals surface area contributed by atoms with Crippen molar-refractivity contribution in [1.29, 1.82) is 0 Å². The highest BCUT2D eigenvalue weighted by atomic mass is 16.7. The molecule has 2 aliphatic rings. The first kappa shape index (κ1) is 15.3. The Morgan fingerprint density at radius 2 is 1.84 bits per heavy atom. The molecule has 0 spiro atoms. The third kappa shape index (κ3) is 5.41. The van der Waals surface area contributed by atoms with E-state index in [9.17, 15) is 0 Å². The SMILES string of the molecule is CC(CC1CCCO1)CC1COC(CC(C)(C)C)O1.